The summed E-state index contributed by atoms with van der Waals surface area (Å²) in [6, 6.07) is 14.2. The third kappa shape index (κ3) is 7.98. The van der Waals surface area contributed by atoms with Crippen molar-refractivity contribution in [3.63, 3.8) is 0 Å². The van der Waals surface area contributed by atoms with Gasteiger partial charge in [-0.25, -0.2) is 21.9 Å². The molecule has 39 heavy (non-hydrogen) atoms. The molecule has 2 N–H and O–H groups in total. The van der Waals surface area contributed by atoms with E-state index in [1.54, 1.807) is 24.3 Å². The molecule has 0 radical (unpaired) electrons. The highest BCUT2D eigenvalue weighted by Crippen LogP contribution is 2.29. The molecule has 0 saturated heterocycles. The number of hydrogen-bond acceptors (Lipinski definition) is 5. The van der Waals surface area contributed by atoms with E-state index in [1.807, 2.05) is 4.90 Å². The summed E-state index contributed by atoms with van der Waals surface area (Å²) in [5, 5.41) is 11.3. The van der Waals surface area contributed by atoms with Crippen LogP contribution in [0.1, 0.15) is 30.4 Å². The molecule has 0 amide bonds. The Labute approximate surface area is 223 Å². The maximum Gasteiger partial charge on any atom is 0.573 e. The fourth-order valence-electron chi connectivity index (χ4n) is 4.71. The van der Waals surface area contributed by atoms with Crippen LogP contribution in [-0.2, 0) is 23.1 Å². The monoisotopic (exact) mass is 570 g/mol. The van der Waals surface area contributed by atoms with Gasteiger partial charge in [-0.15, -0.1) is 13.2 Å². The molecule has 6 nitrogen and oxygen atoms in total. The van der Waals surface area contributed by atoms with Crippen molar-refractivity contribution in [2.75, 3.05) is 0 Å². The van der Waals surface area contributed by atoms with E-state index in [-0.39, 0.29) is 4.90 Å². The SMILES string of the molecule is O=S(=O)(N[C@H]1CCC[C@@H](N(Cc2ccc(F)cc2)Cc2ccc(F)cc2)[C@@H]1O)c1ccc(OC(F)(F)F)cc1. The second kappa shape index (κ2) is 12.0. The van der Waals surface area contributed by atoms with Gasteiger partial charge in [-0.3, -0.25) is 4.90 Å². The van der Waals surface area contributed by atoms with E-state index in [1.165, 1.54) is 24.3 Å². The van der Waals surface area contributed by atoms with E-state index in [2.05, 4.69) is 9.46 Å². The second-order valence-corrected chi connectivity index (χ2v) is 11.1. The third-order valence-corrected chi connectivity index (χ3v) is 8.07. The average molecular weight is 571 g/mol. The molecular weight excluding hydrogens is 543 g/mol. The number of rotatable bonds is 9. The summed E-state index contributed by atoms with van der Waals surface area (Å²) in [5.74, 6) is -1.35. The van der Waals surface area contributed by atoms with Gasteiger partial charge in [-0.05, 0) is 72.5 Å². The number of nitrogens with zero attached hydrogens (tertiary/aromatic N) is 1. The number of ether oxygens (including phenoxy) is 1. The lowest BCUT2D eigenvalue weighted by Crippen LogP contribution is -2.56. The van der Waals surface area contributed by atoms with Gasteiger partial charge >= 0.3 is 6.36 Å². The molecule has 4 rings (SSSR count). The van der Waals surface area contributed by atoms with Crippen molar-refractivity contribution < 1.29 is 40.2 Å². The van der Waals surface area contributed by atoms with Gasteiger partial charge in [0.1, 0.15) is 17.4 Å². The Bertz CT molecular complexity index is 1290. The molecule has 3 aromatic rings. The lowest BCUT2D eigenvalue weighted by molar-refractivity contribution is -0.274. The van der Waals surface area contributed by atoms with Gasteiger partial charge in [0.15, 0.2) is 0 Å². The highest BCUT2D eigenvalue weighted by Gasteiger charge is 2.38. The number of halogens is 5. The zero-order chi connectivity index (χ0) is 28.2. The highest BCUT2D eigenvalue weighted by atomic mass is 32.2. The molecule has 3 atom stereocenters. The van der Waals surface area contributed by atoms with Crippen LogP contribution in [0.2, 0.25) is 0 Å². The standard InChI is InChI=1S/C27H27F5N2O4S/c28-20-8-4-18(5-9-20)16-34(17-19-6-10-21(29)11-7-19)25-3-1-2-24(26(25)35)33-39(36,37)23-14-12-22(13-15-23)38-27(30,31)32/h4-15,24-26,33,35H,1-3,16-17H2/t24-,25+,26+/m0/s1. The summed E-state index contributed by atoms with van der Waals surface area (Å²) in [5.41, 5.74) is 1.55. The number of alkyl halides is 3. The third-order valence-electron chi connectivity index (χ3n) is 6.56. The zero-order valence-electron chi connectivity index (χ0n) is 20.6. The Balaban J connectivity index is 1.52. The zero-order valence-corrected chi connectivity index (χ0v) is 21.4. The van der Waals surface area contributed by atoms with Crippen molar-refractivity contribution in [1.82, 2.24) is 9.62 Å². The van der Waals surface area contributed by atoms with Gasteiger partial charge < -0.3 is 9.84 Å². The molecule has 1 saturated carbocycles. The summed E-state index contributed by atoms with van der Waals surface area (Å²) in [6.07, 6.45) is -4.58. The lowest BCUT2D eigenvalue weighted by Gasteiger charge is -2.41. The Morgan fingerprint density at radius 3 is 1.85 bits per heavy atom. The maximum absolute atomic E-state index is 13.5. The van der Waals surface area contributed by atoms with E-state index in [9.17, 15) is 35.5 Å². The Kier molecular flexibility index (Phi) is 8.90. The summed E-state index contributed by atoms with van der Waals surface area (Å²) >= 11 is 0. The van der Waals surface area contributed by atoms with Gasteiger partial charge in [-0.2, -0.15) is 0 Å². The number of aliphatic hydroxyl groups excluding tert-OH is 1. The number of sulfonamides is 1. The van der Waals surface area contributed by atoms with E-state index < -0.39 is 52.0 Å². The van der Waals surface area contributed by atoms with E-state index in [4.69, 9.17) is 0 Å². The molecule has 0 aliphatic heterocycles. The molecule has 0 bridgehead atoms. The number of nitrogens with one attached hydrogen (secondary N) is 1. The molecule has 1 aliphatic carbocycles. The van der Waals surface area contributed by atoms with Gasteiger partial charge in [0.2, 0.25) is 10.0 Å². The van der Waals surface area contributed by atoms with Crippen molar-refractivity contribution >= 4 is 10.0 Å². The van der Waals surface area contributed by atoms with Crippen molar-refractivity contribution in [2.24, 2.45) is 0 Å². The van der Waals surface area contributed by atoms with Crippen LogP contribution in [0.5, 0.6) is 5.75 Å². The molecule has 0 unspecified atom stereocenters. The lowest BCUT2D eigenvalue weighted by atomic mass is 9.87. The smallest absolute Gasteiger partial charge is 0.406 e. The molecule has 0 aromatic heterocycles. The molecule has 0 heterocycles. The number of aliphatic hydroxyl groups is 1. The quantitative estimate of drug-likeness (QED) is 0.349. The predicted molar refractivity (Wildman–Crippen MR) is 133 cm³/mol. The fourth-order valence-corrected chi connectivity index (χ4v) is 6.00. The van der Waals surface area contributed by atoms with Gasteiger partial charge in [0.05, 0.1) is 11.0 Å². The summed E-state index contributed by atoms with van der Waals surface area (Å²) in [6.45, 7) is 0.638. The summed E-state index contributed by atoms with van der Waals surface area (Å²) in [7, 11) is -4.18. The summed E-state index contributed by atoms with van der Waals surface area (Å²) in [4.78, 5) is 1.66. The van der Waals surface area contributed by atoms with Crippen LogP contribution in [0.15, 0.2) is 77.7 Å². The van der Waals surface area contributed by atoms with Crippen LogP contribution in [-0.4, -0.2) is 43.0 Å². The normalized spacial score (nSPS) is 20.2. The van der Waals surface area contributed by atoms with Crippen LogP contribution < -0.4 is 9.46 Å². The summed E-state index contributed by atoms with van der Waals surface area (Å²) < 4.78 is 96.4. The van der Waals surface area contributed by atoms with Crippen molar-refractivity contribution in [2.45, 2.75) is 61.8 Å². The Morgan fingerprint density at radius 1 is 0.846 bits per heavy atom. The van der Waals surface area contributed by atoms with Gasteiger partial charge in [0.25, 0.3) is 0 Å². The minimum atomic E-state index is -4.91. The first-order valence-corrected chi connectivity index (χ1v) is 13.7. The Morgan fingerprint density at radius 2 is 1.36 bits per heavy atom. The number of benzene rings is 3. The topological polar surface area (TPSA) is 78.9 Å². The minimum Gasteiger partial charge on any atom is -0.406 e. The first kappa shape index (κ1) is 28.9. The van der Waals surface area contributed by atoms with Crippen molar-refractivity contribution in [3.8, 4) is 5.75 Å². The minimum absolute atomic E-state index is 0.277. The molecule has 3 aromatic carbocycles. The van der Waals surface area contributed by atoms with Crippen LogP contribution in [0.4, 0.5) is 22.0 Å². The predicted octanol–water partition coefficient (Wildman–Crippen LogP) is 5.13. The molecular formula is C27H27F5N2O4S. The molecule has 1 fully saturated rings. The van der Waals surface area contributed by atoms with E-state index in [0.29, 0.717) is 32.4 Å². The van der Waals surface area contributed by atoms with Crippen LogP contribution in [0.3, 0.4) is 0 Å². The molecule has 210 valence electrons. The first-order chi connectivity index (χ1) is 18.4. The van der Waals surface area contributed by atoms with Crippen LogP contribution >= 0.6 is 0 Å². The highest BCUT2D eigenvalue weighted by molar-refractivity contribution is 7.89. The van der Waals surface area contributed by atoms with E-state index >= 15 is 0 Å². The largest absolute Gasteiger partial charge is 0.573 e. The fraction of sp³-hybridized carbons (Fsp3) is 0.333. The molecule has 12 heteroatoms. The molecule has 1 aliphatic rings. The average Bonchev–Trinajstić information content (AvgIpc) is 2.87. The number of hydrogen-bond donors (Lipinski definition) is 2. The van der Waals surface area contributed by atoms with Gasteiger partial charge in [0, 0.05) is 25.2 Å². The second-order valence-electron chi connectivity index (χ2n) is 9.39. The van der Waals surface area contributed by atoms with Gasteiger partial charge in [-0.1, -0.05) is 30.7 Å². The van der Waals surface area contributed by atoms with Crippen molar-refractivity contribution in [1.29, 1.82) is 0 Å². The maximum atomic E-state index is 13.5. The molecule has 0 spiro atoms. The van der Waals surface area contributed by atoms with E-state index in [0.717, 1.165) is 35.4 Å². The van der Waals surface area contributed by atoms with Crippen LogP contribution in [0, 0.1) is 11.6 Å². The van der Waals surface area contributed by atoms with Crippen LogP contribution in [0.25, 0.3) is 0 Å². The van der Waals surface area contributed by atoms with Crippen molar-refractivity contribution in [3.05, 3.63) is 95.6 Å². The first-order valence-electron chi connectivity index (χ1n) is 12.2. The Hall–Kier alpha value is -3.06.